The van der Waals surface area contributed by atoms with Gasteiger partial charge in [0.05, 0.1) is 19.1 Å². The average molecular weight is 622 g/mol. The number of hydrogen-bond acceptors (Lipinski definition) is 11. The molecule has 3 saturated carbocycles. The third kappa shape index (κ3) is 7.13. The highest BCUT2D eigenvalue weighted by Crippen LogP contribution is 2.66. The van der Waals surface area contributed by atoms with Gasteiger partial charge in [0, 0.05) is 18.8 Å². The molecule has 4 rings (SSSR count). The van der Waals surface area contributed by atoms with Gasteiger partial charge >= 0.3 is 17.9 Å². The normalized spacial score (nSPS) is 33.1. The van der Waals surface area contributed by atoms with E-state index in [1.165, 1.54) is 0 Å². The summed E-state index contributed by atoms with van der Waals surface area (Å²) in [6.45, 7) is 3.56. The largest absolute Gasteiger partial charge is 0.478 e. The number of nitrogens with zero attached hydrogens (tertiary/aromatic N) is 1. The Morgan fingerprint density at radius 2 is 1.84 bits per heavy atom. The van der Waals surface area contributed by atoms with E-state index in [1.54, 1.807) is 6.08 Å². The number of unbranched alkanes of at least 4 members (excludes halogenated alkanes) is 2. The number of aliphatic hydroxyl groups excluding tert-OH is 1. The number of carbonyl (C=O) groups excluding carboxylic acids is 4. The number of carboxylic acid groups (broad SMARTS) is 1. The highest BCUT2D eigenvalue weighted by Gasteiger charge is 2.63. The van der Waals surface area contributed by atoms with Crippen molar-refractivity contribution in [1.29, 1.82) is 0 Å². The topological polar surface area (TPSA) is 197 Å². The van der Waals surface area contributed by atoms with Crippen molar-refractivity contribution in [2.24, 2.45) is 34.5 Å². The van der Waals surface area contributed by atoms with E-state index in [4.69, 9.17) is 9.47 Å². The van der Waals surface area contributed by atoms with Crippen LogP contribution in [-0.2, 0) is 38.3 Å². The Kier molecular flexibility index (Phi) is 10.5. The summed E-state index contributed by atoms with van der Waals surface area (Å²) in [6, 6.07) is 0. The number of aliphatic hydroxyl groups is 1. The molecule has 4 aliphatic rings. The molecule has 13 nitrogen and oxygen atoms in total. The molecule has 44 heavy (non-hydrogen) atoms. The van der Waals surface area contributed by atoms with Crippen LogP contribution < -0.4 is 0 Å². The van der Waals surface area contributed by atoms with Crippen LogP contribution >= 0.6 is 0 Å². The van der Waals surface area contributed by atoms with Crippen LogP contribution in [0.1, 0.15) is 90.9 Å². The fourth-order valence-corrected chi connectivity index (χ4v) is 8.76. The average Bonchev–Trinajstić information content (AvgIpc) is 3.29. The van der Waals surface area contributed by atoms with Crippen molar-refractivity contribution in [3.05, 3.63) is 21.8 Å². The second kappa shape index (κ2) is 13.7. The molecule has 8 unspecified atom stereocenters. The molecule has 0 bridgehead atoms. The number of carboxylic acids is 1. The van der Waals surface area contributed by atoms with Crippen molar-refractivity contribution in [3.8, 4) is 0 Å². The number of hydrogen-bond donors (Lipinski definition) is 2. The summed E-state index contributed by atoms with van der Waals surface area (Å²) in [6.07, 6.45) is 4.29. The van der Waals surface area contributed by atoms with Crippen molar-refractivity contribution in [2.45, 2.75) is 103 Å². The van der Waals surface area contributed by atoms with Crippen molar-refractivity contribution in [3.63, 3.8) is 0 Å². The Hall–Kier alpha value is -3.35. The molecule has 0 aromatic heterocycles. The van der Waals surface area contributed by atoms with Gasteiger partial charge in [0.1, 0.15) is 6.61 Å². The van der Waals surface area contributed by atoms with Gasteiger partial charge in [0.15, 0.2) is 11.6 Å². The lowest BCUT2D eigenvalue weighted by Crippen LogP contribution is -2.57. The second-order valence-electron chi connectivity index (χ2n) is 13.3. The third-order valence-corrected chi connectivity index (χ3v) is 10.8. The van der Waals surface area contributed by atoms with Gasteiger partial charge in [-0.25, -0.2) is 4.79 Å². The Morgan fingerprint density at radius 1 is 1.09 bits per heavy atom. The Morgan fingerprint density at radius 3 is 2.55 bits per heavy atom. The molecule has 0 aromatic carbocycles. The lowest BCUT2D eigenvalue weighted by molar-refractivity contribution is -0.757. The minimum absolute atomic E-state index is 0.0265. The van der Waals surface area contributed by atoms with E-state index in [0.29, 0.717) is 38.5 Å². The fraction of sp³-hybridized carbons (Fsp3) is 0.774. The number of rotatable bonds is 14. The number of fused-ring (bicyclic) bond motifs is 5. The summed E-state index contributed by atoms with van der Waals surface area (Å²) in [7, 11) is 0. The minimum atomic E-state index is -1.77. The van der Waals surface area contributed by atoms with Crippen LogP contribution in [-0.4, -0.2) is 70.2 Å². The third-order valence-electron chi connectivity index (χ3n) is 10.8. The maximum absolute atomic E-state index is 13.4. The standard InChI is InChI=1S/C31H43NO12/c1-30-12-11-19(33)14-18(30)7-8-20-21-9-10-22(31(21,2)16-23(34)28(20)30)24(35)17-42-27(37)15-25(29(38)39)44-26(36)6-4-3-5-13-43-32(40)41/h14,20-23,25,28,34H,3-13,15-17H2,1-2H3,(H,38,39). The molecular weight excluding hydrogens is 578 g/mol. The first-order chi connectivity index (χ1) is 20.8. The number of ketones is 2. The zero-order chi connectivity index (χ0) is 32.2. The summed E-state index contributed by atoms with van der Waals surface area (Å²) in [4.78, 5) is 75.9. The first-order valence-electron chi connectivity index (χ1n) is 15.6. The summed E-state index contributed by atoms with van der Waals surface area (Å²) >= 11 is 0. The summed E-state index contributed by atoms with van der Waals surface area (Å²) in [5.41, 5.74) is 0.439. The van der Waals surface area contributed by atoms with Gasteiger partial charge < -0.3 is 24.5 Å². The Bertz CT molecular complexity index is 1200. The lowest BCUT2D eigenvalue weighted by Gasteiger charge is -2.59. The predicted molar refractivity (Wildman–Crippen MR) is 151 cm³/mol. The summed E-state index contributed by atoms with van der Waals surface area (Å²) in [5.74, 6) is -3.43. The van der Waals surface area contributed by atoms with Crippen LogP contribution in [0.3, 0.4) is 0 Å². The van der Waals surface area contributed by atoms with Gasteiger partial charge in [-0.05, 0) is 86.0 Å². The number of aliphatic carboxylic acids is 1. The molecule has 0 saturated heterocycles. The Labute approximate surface area is 255 Å². The maximum Gasteiger partial charge on any atom is 0.345 e. The van der Waals surface area contributed by atoms with Gasteiger partial charge in [-0.1, -0.05) is 25.8 Å². The summed E-state index contributed by atoms with van der Waals surface area (Å²) in [5, 5.41) is 30.1. The summed E-state index contributed by atoms with van der Waals surface area (Å²) < 4.78 is 10.1. The van der Waals surface area contributed by atoms with E-state index < -0.39 is 59.6 Å². The smallest absolute Gasteiger partial charge is 0.345 e. The first kappa shape index (κ1) is 33.5. The molecule has 13 heteroatoms. The zero-order valence-electron chi connectivity index (χ0n) is 25.4. The van der Waals surface area contributed by atoms with Crippen LogP contribution in [0.4, 0.5) is 0 Å². The number of esters is 2. The van der Waals surface area contributed by atoms with Crippen LogP contribution in [0.5, 0.6) is 0 Å². The van der Waals surface area contributed by atoms with Gasteiger partial charge in [-0.15, -0.1) is 10.1 Å². The molecular formula is C31H43NO12. The second-order valence-corrected chi connectivity index (χ2v) is 13.3. The van der Waals surface area contributed by atoms with E-state index >= 15 is 0 Å². The van der Waals surface area contributed by atoms with Gasteiger partial charge in [0.25, 0.3) is 5.09 Å². The van der Waals surface area contributed by atoms with Gasteiger partial charge in [-0.3, -0.25) is 19.2 Å². The maximum atomic E-state index is 13.4. The van der Waals surface area contributed by atoms with Crippen LogP contribution in [0.25, 0.3) is 0 Å². The van der Waals surface area contributed by atoms with E-state index in [0.717, 1.165) is 31.3 Å². The van der Waals surface area contributed by atoms with Crippen LogP contribution in [0.2, 0.25) is 0 Å². The predicted octanol–water partition coefficient (Wildman–Crippen LogP) is 3.37. The van der Waals surface area contributed by atoms with E-state index in [2.05, 4.69) is 11.8 Å². The highest BCUT2D eigenvalue weighted by atomic mass is 16.9. The molecule has 0 heterocycles. The Balaban J connectivity index is 1.28. The first-order valence-corrected chi connectivity index (χ1v) is 15.6. The van der Waals surface area contributed by atoms with Crippen LogP contribution in [0.15, 0.2) is 11.6 Å². The van der Waals surface area contributed by atoms with Crippen molar-refractivity contribution in [2.75, 3.05) is 13.2 Å². The van der Waals surface area contributed by atoms with Crippen molar-refractivity contribution < 1.29 is 53.6 Å². The molecule has 0 aromatic rings. The molecule has 8 atom stereocenters. The number of allylic oxidation sites excluding steroid dienone is 1. The molecule has 4 aliphatic carbocycles. The van der Waals surface area contributed by atoms with Crippen molar-refractivity contribution >= 4 is 29.5 Å². The molecule has 244 valence electrons. The molecule has 0 aliphatic heterocycles. The molecule has 2 N–H and O–H groups in total. The molecule has 0 spiro atoms. The van der Waals surface area contributed by atoms with Gasteiger partial charge in [-0.2, -0.15) is 0 Å². The van der Waals surface area contributed by atoms with E-state index in [-0.39, 0.29) is 47.8 Å². The van der Waals surface area contributed by atoms with Gasteiger partial charge in [0.2, 0.25) is 6.10 Å². The number of carbonyl (C=O) groups is 5. The van der Waals surface area contributed by atoms with Crippen molar-refractivity contribution in [1.82, 2.24) is 0 Å². The van der Waals surface area contributed by atoms with E-state index in [9.17, 15) is 44.3 Å². The number of Topliss-reactive ketones (excluding diaryl/α,β-unsaturated/α-hetero) is 1. The molecule has 0 amide bonds. The molecule has 3 fully saturated rings. The SMILES string of the molecule is CC12CCC(=O)C=C1CCC1C2C(O)CC2(C)C(C(=O)COC(=O)CC(OC(=O)CCCCCO[N+](=O)[O-])C(=O)O)CCC12. The highest BCUT2D eigenvalue weighted by molar-refractivity contribution is 5.91. The van der Waals surface area contributed by atoms with E-state index in [1.807, 2.05) is 6.92 Å². The number of ether oxygens (including phenoxy) is 2. The minimum Gasteiger partial charge on any atom is -0.478 e. The fourth-order valence-electron chi connectivity index (χ4n) is 8.76. The van der Waals surface area contributed by atoms with Crippen LogP contribution in [0, 0.1) is 44.6 Å². The lowest BCUT2D eigenvalue weighted by atomic mass is 9.46. The molecule has 0 radical (unpaired) electrons. The zero-order valence-corrected chi connectivity index (χ0v) is 25.4. The quantitative estimate of drug-likeness (QED) is 0.124. The monoisotopic (exact) mass is 621 g/mol.